The molecule has 0 aliphatic carbocycles. The summed E-state index contributed by atoms with van der Waals surface area (Å²) in [6.45, 7) is 1.81. The van der Waals surface area contributed by atoms with Crippen LogP contribution in [0.25, 0.3) is 0 Å². The number of Topliss-reactive ketones (excluding diaryl/α,β-unsaturated/α-hetero) is 1. The summed E-state index contributed by atoms with van der Waals surface area (Å²) in [5, 5.41) is 28.5. The molecule has 8 heteroatoms. The lowest BCUT2D eigenvalue weighted by Crippen LogP contribution is -2.41. The molecule has 0 spiro atoms. The standard InChI is InChI=1S/C27H31N3O5/c1-19(32)21-6-5-7-23(15-21)30-27(34)29-22-12-10-20(11-13-22)14-24(17-31)28-16-25(33)18-35-26-8-3-2-4-9-26/h2-13,15,24-25,28,31,33H,14,16-18H2,1H3,(H2,29,30,34)/t24-,25-/m0/s1. The molecule has 184 valence electrons. The van der Waals surface area contributed by atoms with Crippen LogP contribution in [-0.4, -0.2) is 53.9 Å². The highest BCUT2D eigenvalue weighted by molar-refractivity contribution is 6.01. The van der Waals surface area contributed by atoms with E-state index in [1.807, 2.05) is 42.5 Å². The number of para-hydroxylation sites is 1. The van der Waals surface area contributed by atoms with Crippen LogP contribution in [0.3, 0.4) is 0 Å². The fourth-order valence-electron chi connectivity index (χ4n) is 3.39. The molecule has 0 fully saturated rings. The zero-order valence-corrected chi connectivity index (χ0v) is 19.6. The third-order valence-corrected chi connectivity index (χ3v) is 5.27. The van der Waals surface area contributed by atoms with Crippen LogP contribution in [0.1, 0.15) is 22.8 Å². The topological polar surface area (TPSA) is 120 Å². The maximum Gasteiger partial charge on any atom is 0.323 e. The number of hydrogen-bond donors (Lipinski definition) is 5. The monoisotopic (exact) mass is 477 g/mol. The third-order valence-electron chi connectivity index (χ3n) is 5.27. The molecule has 0 heterocycles. The highest BCUT2D eigenvalue weighted by Gasteiger charge is 2.12. The third kappa shape index (κ3) is 8.86. The molecule has 0 aliphatic rings. The minimum absolute atomic E-state index is 0.0738. The lowest BCUT2D eigenvalue weighted by atomic mass is 10.1. The van der Waals surface area contributed by atoms with E-state index in [-0.39, 0.29) is 31.6 Å². The molecule has 5 N–H and O–H groups in total. The largest absolute Gasteiger partial charge is 0.491 e. The molecule has 2 atom stereocenters. The van der Waals surface area contributed by atoms with Crippen LogP contribution < -0.4 is 20.7 Å². The second-order valence-electron chi connectivity index (χ2n) is 8.18. The first-order valence-electron chi connectivity index (χ1n) is 11.4. The molecule has 3 rings (SSSR count). The van der Waals surface area contributed by atoms with Crippen LogP contribution >= 0.6 is 0 Å². The summed E-state index contributed by atoms with van der Waals surface area (Å²) in [4.78, 5) is 23.8. The molecule has 2 amide bonds. The van der Waals surface area contributed by atoms with E-state index in [4.69, 9.17) is 4.74 Å². The van der Waals surface area contributed by atoms with Crippen molar-refractivity contribution in [1.29, 1.82) is 0 Å². The van der Waals surface area contributed by atoms with E-state index in [0.29, 0.717) is 29.1 Å². The molecular formula is C27H31N3O5. The molecule has 3 aromatic carbocycles. The maximum atomic E-state index is 12.3. The summed E-state index contributed by atoms with van der Waals surface area (Å²) in [5.74, 6) is 0.618. The second kappa shape index (κ2) is 13.2. The minimum Gasteiger partial charge on any atom is -0.491 e. The Kier molecular flexibility index (Phi) is 9.80. The Labute approximate surface area is 205 Å². The Morgan fingerprint density at radius 3 is 2.31 bits per heavy atom. The predicted octanol–water partition coefficient (Wildman–Crippen LogP) is 3.47. The number of rotatable bonds is 12. The van der Waals surface area contributed by atoms with E-state index in [1.165, 1.54) is 6.92 Å². The van der Waals surface area contributed by atoms with E-state index < -0.39 is 12.1 Å². The van der Waals surface area contributed by atoms with Gasteiger partial charge in [0.25, 0.3) is 0 Å². The van der Waals surface area contributed by atoms with Crippen molar-refractivity contribution in [2.45, 2.75) is 25.5 Å². The van der Waals surface area contributed by atoms with Crippen LogP contribution in [0.4, 0.5) is 16.2 Å². The van der Waals surface area contributed by atoms with Crippen molar-refractivity contribution in [3.8, 4) is 5.75 Å². The molecule has 3 aromatic rings. The number of benzene rings is 3. The molecule has 0 radical (unpaired) electrons. The molecule has 0 saturated carbocycles. The first kappa shape index (κ1) is 25.9. The van der Waals surface area contributed by atoms with Gasteiger partial charge in [0.1, 0.15) is 18.5 Å². The summed E-state index contributed by atoms with van der Waals surface area (Å²) in [5.41, 5.74) is 2.62. The Morgan fingerprint density at radius 1 is 0.914 bits per heavy atom. The molecule has 35 heavy (non-hydrogen) atoms. The summed E-state index contributed by atoms with van der Waals surface area (Å²) < 4.78 is 5.54. The number of amides is 2. The van der Waals surface area contributed by atoms with E-state index >= 15 is 0 Å². The predicted molar refractivity (Wildman–Crippen MR) is 136 cm³/mol. The highest BCUT2D eigenvalue weighted by atomic mass is 16.5. The van der Waals surface area contributed by atoms with Crippen LogP contribution in [0, 0.1) is 0 Å². The fraction of sp³-hybridized carbons (Fsp3) is 0.259. The van der Waals surface area contributed by atoms with Crippen LogP contribution in [0.5, 0.6) is 5.75 Å². The van der Waals surface area contributed by atoms with Gasteiger partial charge >= 0.3 is 6.03 Å². The van der Waals surface area contributed by atoms with Gasteiger partial charge in [-0.1, -0.05) is 42.5 Å². The van der Waals surface area contributed by atoms with Gasteiger partial charge in [0.2, 0.25) is 0 Å². The van der Waals surface area contributed by atoms with Crippen molar-refractivity contribution < 1.29 is 24.5 Å². The van der Waals surface area contributed by atoms with E-state index in [1.54, 1.807) is 36.4 Å². The second-order valence-corrected chi connectivity index (χ2v) is 8.18. The van der Waals surface area contributed by atoms with Gasteiger partial charge in [-0.3, -0.25) is 4.79 Å². The number of aliphatic hydroxyl groups excluding tert-OH is 2. The average Bonchev–Trinajstić information content (AvgIpc) is 2.87. The number of aliphatic hydroxyl groups is 2. The lowest BCUT2D eigenvalue weighted by molar-refractivity contribution is 0.0997. The Balaban J connectivity index is 1.43. The van der Waals surface area contributed by atoms with Crippen molar-refractivity contribution in [2.75, 3.05) is 30.4 Å². The van der Waals surface area contributed by atoms with Gasteiger partial charge in [-0.25, -0.2) is 4.79 Å². The quantitative estimate of drug-likeness (QED) is 0.255. The van der Waals surface area contributed by atoms with Crippen molar-refractivity contribution >= 4 is 23.2 Å². The molecule has 0 aliphatic heterocycles. The Bertz CT molecular complexity index is 1090. The summed E-state index contributed by atoms with van der Waals surface area (Å²) in [6, 6.07) is 22.6. The van der Waals surface area contributed by atoms with Crippen molar-refractivity contribution in [3.05, 3.63) is 90.0 Å². The van der Waals surface area contributed by atoms with Gasteiger partial charge in [0.15, 0.2) is 5.78 Å². The van der Waals surface area contributed by atoms with Gasteiger partial charge in [-0.15, -0.1) is 0 Å². The highest BCUT2D eigenvalue weighted by Crippen LogP contribution is 2.14. The van der Waals surface area contributed by atoms with Gasteiger partial charge in [0.05, 0.1) is 6.61 Å². The van der Waals surface area contributed by atoms with Crippen molar-refractivity contribution in [3.63, 3.8) is 0 Å². The van der Waals surface area contributed by atoms with Crippen molar-refractivity contribution in [1.82, 2.24) is 5.32 Å². The fourth-order valence-corrected chi connectivity index (χ4v) is 3.39. The van der Waals surface area contributed by atoms with E-state index in [0.717, 1.165) is 5.56 Å². The average molecular weight is 478 g/mol. The number of hydrogen-bond acceptors (Lipinski definition) is 6. The van der Waals surface area contributed by atoms with Gasteiger partial charge in [0, 0.05) is 29.5 Å². The minimum atomic E-state index is -0.717. The number of anilines is 2. The first-order chi connectivity index (χ1) is 16.9. The smallest absolute Gasteiger partial charge is 0.323 e. The molecule has 0 aromatic heterocycles. The molecule has 0 unspecified atom stereocenters. The van der Waals surface area contributed by atoms with E-state index in [2.05, 4.69) is 16.0 Å². The molecule has 0 saturated heterocycles. The van der Waals surface area contributed by atoms with Gasteiger partial charge in [-0.2, -0.15) is 0 Å². The van der Waals surface area contributed by atoms with Gasteiger partial charge < -0.3 is 30.9 Å². The summed E-state index contributed by atoms with van der Waals surface area (Å²) >= 11 is 0. The Hall–Kier alpha value is -3.72. The number of urea groups is 1. The number of ether oxygens (including phenoxy) is 1. The van der Waals surface area contributed by atoms with E-state index in [9.17, 15) is 19.8 Å². The first-order valence-corrected chi connectivity index (χ1v) is 11.4. The van der Waals surface area contributed by atoms with Crippen LogP contribution in [0.15, 0.2) is 78.9 Å². The lowest BCUT2D eigenvalue weighted by Gasteiger charge is -2.19. The summed E-state index contributed by atoms with van der Waals surface area (Å²) in [7, 11) is 0. The molecule has 8 nitrogen and oxygen atoms in total. The summed E-state index contributed by atoms with van der Waals surface area (Å²) in [6.07, 6.45) is -0.168. The number of carbonyl (C=O) groups excluding carboxylic acids is 2. The van der Waals surface area contributed by atoms with Crippen LogP contribution in [0.2, 0.25) is 0 Å². The zero-order chi connectivity index (χ0) is 25.0. The van der Waals surface area contributed by atoms with Gasteiger partial charge in [-0.05, 0) is 55.3 Å². The van der Waals surface area contributed by atoms with Crippen molar-refractivity contribution in [2.24, 2.45) is 0 Å². The number of ketones is 1. The number of carbonyl (C=O) groups is 2. The Morgan fingerprint density at radius 2 is 1.63 bits per heavy atom. The number of nitrogens with one attached hydrogen (secondary N) is 3. The normalized spacial score (nSPS) is 12.4. The zero-order valence-electron chi connectivity index (χ0n) is 19.6. The maximum absolute atomic E-state index is 12.3. The SMILES string of the molecule is CC(=O)c1cccc(NC(=O)Nc2ccc(C[C@@H](CO)NC[C@H](O)COc3ccccc3)cc2)c1. The molecule has 0 bridgehead atoms. The molecular weight excluding hydrogens is 446 g/mol. The van der Waals surface area contributed by atoms with Crippen LogP contribution in [-0.2, 0) is 6.42 Å².